The highest BCUT2D eigenvalue weighted by molar-refractivity contribution is 7.99. The molecule has 0 N–H and O–H groups in total. The molecule has 3 aromatic rings. The molecule has 28 heavy (non-hydrogen) atoms. The van der Waals surface area contributed by atoms with Gasteiger partial charge in [-0.25, -0.2) is 4.98 Å². The van der Waals surface area contributed by atoms with Crippen molar-refractivity contribution in [1.82, 2.24) is 4.98 Å². The second-order valence-electron chi connectivity index (χ2n) is 6.44. The summed E-state index contributed by atoms with van der Waals surface area (Å²) in [4.78, 5) is 16.8. The van der Waals surface area contributed by atoms with Gasteiger partial charge in [-0.3, -0.25) is 4.79 Å². The molecule has 0 spiro atoms. The number of allylic oxidation sites excluding steroid dienone is 1. The number of thioether (sulfide) groups is 1. The summed E-state index contributed by atoms with van der Waals surface area (Å²) in [6.07, 6.45) is 3.47. The molecule has 0 saturated heterocycles. The Morgan fingerprint density at radius 2 is 1.75 bits per heavy atom. The smallest absolute Gasteiger partial charge is 0.257 e. The average molecular weight is 394 g/mol. The van der Waals surface area contributed by atoms with Crippen molar-refractivity contribution in [2.75, 3.05) is 19.5 Å². The van der Waals surface area contributed by atoms with Crippen LogP contribution in [0.25, 0.3) is 22.6 Å². The first kappa shape index (κ1) is 20.1. The van der Waals surface area contributed by atoms with E-state index in [0.717, 1.165) is 16.8 Å². The fourth-order valence-electron chi connectivity index (χ4n) is 2.71. The highest BCUT2D eigenvalue weighted by atomic mass is 32.2. The van der Waals surface area contributed by atoms with Crippen LogP contribution in [0.2, 0.25) is 0 Å². The molecule has 0 aliphatic heterocycles. The summed E-state index contributed by atoms with van der Waals surface area (Å²) in [5, 5.41) is 0.490. The second kappa shape index (κ2) is 10.1. The first-order valence-electron chi connectivity index (χ1n) is 9.12. The molecular weight excluding hydrogens is 370 g/mol. The number of ether oxygens (including phenoxy) is 1. The molecule has 4 nitrogen and oxygen atoms in total. The maximum absolute atomic E-state index is 12.1. The third-order valence-electron chi connectivity index (χ3n) is 4.07. The number of rotatable bonds is 9. The molecule has 1 aromatic heterocycles. The van der Waals surface area contributed by atoms with E-state index in [-0.39, 0.29) is 17.5 Å². The van der Waals surface area contributed by atoms with Crippen LogP contribution in [-0.2, 0) is 9.53 Å². The molecule has 0 bridgehead atoms. The number of methoxy groups -OCH3 is 1. The second-order valence-corrected chi connectivity index (χ2v) is 7.36. The van der Waals surface area contributed by atoms with E-state index >= 15 is 0 Å². The van der Waals surface area contributed by atoms with E-state index < -0.39 is 0 Å². The minimum atomic E-state index is 0.0219. The van der Waals surface area contributed by atoms with Gasteiger partial charge in [-0.1, -0.05) is 85.4 Å². The number of hydrogen-bond acceptors (Lipinski definition) is 5. The largest absolute Gasteiger partial charge is 0.431 e. The van der Waals surface area contributed by atoms with E-state index in [2.05, 4.69) is 4.98 Å². The minimum absolute atomic E-state index is 0.0219. The van der Waals surface area contributed by atoms with Gasteiger partial charge in [0, 0.05) is 18.2 Å². The van der Waals surface area contributed by atoms with Crippen LogP contribution < -0.4 is 0 Å². The zero-order valence-electron chi connectivity index (χ0n) is 16.0. The first-order chi connectivity index (χ1) is 13.7. The molecule has 0 radical (unpaired) electrons. The average Bonchev–Trinajstić information content (AvgIpc) is 3.17. The lowest BCUT2D eigenvalue weighted by Crippen LogP contribution is -2.02. The van der Waals surface area contributed by atoms with Gasteiger partial charge in [0.15, 0.2) is 11.5 Å². The fourth-order valence-corrected chi connectivity index (χ4v) is 3.37. The number of hydrogen-bond donors (Lipinski definition) is 0. The molecule has 3 rings (SSSR count). The van der Waals surface area contributed by atoms with Gasteiger partial charge < -0.3 is 9.15 Å². The van der Waals surface area contributed by atoms with Crippen molar-refractivity contribution in [2.45, 2.75) is 12.1 Å². The third-order valence-corrected chi connectivity index (χ3v) is 4.92. The third kappa shape index (κ3) is 5.44. The molecule has 1 heterocycles. The van der Waals surface area contributed by atoms with Crippen molar-refractivity contribution < 1.29 is 13.9 Å². The van der Waals surface area contributed by atoms with Gasteiger partial charge in [-0.15, -0.1) is 0 Å². The molecule has 0 fully saturated rings. The van der Waals surface area contributed by atoms with E-state index in [1.165, 1.54) is 11.8 Å². The summed E-state index contributed by atoms with van der Waals surface area (Å²) in [6.45, 7) is 2.60. The molecule has 1 unspecified atom stereocenters. The lowest BCUT2D eigenvalue weighted by Gasteiger charge is -2.02. The predicted molar refractivity (Wildman–Crippen MR) is 113 cm³/mol. The van der Waals surface area contributed by atoms with Crippen LogP contribution in [0.5, 0.6) is 0 Å². The quantitative estimate of drug-likeness (QED) is 0.354. The number of oxazole rings is 1. The predicted octanol–water partition coefficient (Wildman–Crippen LogP) is 5.51. The van der Waals surface area contributed by atoms with Crippen LogP contribution in [0.1, 0.15) is 6.92 Å². The van der Waals surface area contributed by atoms with Crippen molar-refractivity contribution in [1.29, 1.82) is 0 Å². The Bertz CT molecular complexity index is 863. The van der Waals surface area contributed by atoms with Crippen LogP contribution in [0.15, 0.2) is 82.5 Å². The minimum Gasteiger partial charge on any atom is -0.431 e. The van der Waals surface area contributed by atoms with Gasteiger partial charge in [0.25, 0.3) is 5.22 Å². The van der Waals surface area contributed by atoms with E-state index in [1.54, 1.807) is 13.2 Å². The maximum Gasteiger partial charge on any atom is 0.257 e. The summed E-state index contributed by atoms with van der Waals surface area (Å²) < 4.78 is 11.1. The van der Waals surface area contributed by atoms with Crippen molar-refractivity contribution in [3.8, 4) is 22.6 Å². The van der Waals surface area contributed by atoms with Crippen LogP contribution in [0, 0.1) is 5.92 Å². The van der Waals surface area contributed by atoms with Gasteiger partial charge in [0.2, 0.25) is 0 Å². The topological polar surface area (TPSA) is 52.3 Å². The molecule has 1 atom stereocenters. The molecule has 0 aliphatic rings. The normalized spacial score (nSPS) is 12.4. The molecule has 0 saturated carbocycles. The summed E-state index contributed by atoms with van der Waals surface area (Å²) in [6, 6.07) is 19.8. The summed E-state index contributed by atoms with van der Waals surface area (Å²) in [7, 11) is 1.65. The van der Waals surface area contributed by atoms with Crippen molar-refractivity contribution in [2.24, 2.45) is 5.92 Å². The molecule has 0 amide bonds. The molecule has 2 aromatic carbocycles. The Hall–Kier alpha value is -2.63. The number of ketones is 1. The lowest BCUT2D eigenvalue weighted by molar-refractivity contribution is -0.112. The van der Waals surface area contributed by atoms with E-state index in [4.69, 9.17) is 9.15 Å². The lowest BCUT2D eigenvalue weighted by atomic mass is 10.1. The Balaban J connectivity index is 1.77. The van der Waals surface area contributed by atoms with E-state index in [9.17, 15) is 4.79 Å². The Morgan fingerprint density at radius 3 is 2.39 bits per heavy atom. The molecule has 144 valence electrons. The Kier molecular flexibility index (Phi) is 7.23. The maximum atomic E-state index is 12.1. The standard InChI is InChI=1S/C23H23NO3S/c1-17(15-26-2)13-14-20(25)16-28-23-24-21(18-9-5-3-6-10-18)22(27-23)19-11-7-4-8-12-19/h3-14,17H,15-16H2,1-2H3/b14-13+. The fraction of sp³-hybridized carbons (Fsp3) is 0.217. The summed E-state index contributed by atoms with van der Waals surface area (Å²) >= 11 is 1.31. The highest BCUT2D eigenvalue weighted by Gasteiger charge is 2.17. The number of nitrogens with zero attached hydrogens (tertiary/aromatic N) is 1. The monoisotopic (exact) mass is 393 g/mol. The van der Waals surface area contributed by atoms with Crippen molar-refractivity contribution in [3.63, 3.8) is 0 Å². The highest BCUT2D eigenvalue weighted by Crippen LogP contribution is 2.35. The first-order valence-corrected chi connectivity index (χ1v) is 10.1. The number of aromatic nitrogens is 1. The van der Waals surface area contributed by atoms with Crippen molar-refractivity contribution in [3.05, 3.63) is 72.8 Å². The van der Waals surface area contributed by atoms with Crippen LogP contribution in [-0.4, -0.2) is 30.2 Å². The van der Waals surface area contributed by atoms with Gasteiger partial charge >= 0.3 is 0 Å². The van der Waals surface area contributed by atoms with Crippen LogP contribution in [0.4, 0.5) is 0 Å². The Morgan fingerprint density at radius 1 is 1.11 bits per heavy atom. The Labute approximate surface area is 169 Å². The van der Waals surface area contributed by atoms with Crippen LogP contribution >= 0.6 is 11.8 Å². The van der Waals surface area contributed by atoms with E-state index in [0.29, 0.717) is 17.6 Å². The number of carbonyl (C=O) groups is 1. The molecule has 5 heteroatoms. The zero-order chi connectivity index (χ0) is 19.8. The van der Waals surface area contributed by atoms with Gasteiger partial charge in [-0.05, 0) is 12.0 Å². The zero-order valence-corrected chi connectivity index (χ0v) is 16.8. The molecular formula is C23H23NO3S. The summed E-state index contributed by atoms with van der Waals surface area (Å²) in [5.74, 6) is 1.22. The van der Waals surface area contributed by atoms with E-state index in [1.807, 2.05) is 73.7 Å². The number of benzene rings is 2. The molecule has 0 aliphatic carbocycles. The summed E-state index contributed by atoms with van der Waals surface area (Å²) in [5.41, 5.74) is 2.72. The SMILES string of the molecule is COCC(C)/C=C/C(=O)CSc1nc(-c2ccccc2)c(-c2ccccc2)o1. The van der Waals surface area contributed by atoms with Gasteiger partial charge in [0.05, 0.1) is 12.4 Å². The van der Waals surface area contributed by atoms with Gasteiger partial charge in [-0.2, -0.15) is 0 Å². The number of carbonyl (C=O) groups excluding carboxylic acids is 1. The van der Waals surface area contributed by atoms with Gasteiger partial charge in [0.1, 0.15) is 5.69 Å². The van der Waals surface area contributed by atoms with Crippen molar-refractivity contribution >= 4 is 17.5 Å². The van der Waals surface area contributed by atoms with Crippen LogP contribution in [0.3, 0.4) is 0 Å².